The van der Waals surface area contributed by atoms with Crippen LogP contribution in [0.4, 0.5) is 5.69 Å². The molecular formula is C13H21NOS. The van der Waals surface area contributed by atoms with Crippen molar-refractivity contribution in [2.24, 2.45) is 0 Å². The summed E-state index contributed by atoms with van der Waals surface area (Å²) in [6.45, 7) is 7.11. The molecule has 0 radical (unpaired) electrons. The van der Waals surface area contributed by atoms with Crippen LogP contribution in [0.15, 0.2) is 23.1 Å². The van der Waals surface area contributed by atoms with Gasteiger partial charge >= 0.3 is 0 Å². The fourth-order valence-corrected chi connectivity index (χ4v) is 2.59. The van der Waals surface area contributed by atoms with E-state index < -0.39 is 0 Å². The Bertz CT molecular complexity index is 324. The maximum atomic E-state index is 5.97. The normalized spacial score (nSPS) is 10.8. The van der Waals surface area contributed by atoms with Crippen LogP contribution in [-0.2, 0) is 0 Å². The summed E-state index contributed by atoms with van der Waals surface area (Å²) in [7, 11) is 0. The summed E-state index contributed by atoms with van der Waals surface area (Å²) in [4.78, 5) is 1.14. The predicted octanol–water partition coefficient (Wildman–Crippen LogP) is 3.95. The van der Waals surface area contributed by atoms with Crippen LogP contribution in [0.2, 0.25) is 0 Å². The monoisotopic (exact) mass is 239 g/mol. The summed E-state index contributed by atoms with van der Waals surface area (Å²) < 4.78 is 5.48. The molecule has 2 N–H and O–H groups in total. The lowest BCUT2D eigenvalue weighted by Crippen LogP contribution is -2.00. The molecule has 0 atom stereocenters. The molecule has 1 aromatic rings. The third kappa shape index (κ3) is 3.63. The SMILES string of the molecule is CCOc1ccc(N)c(SC(CC)CC)c1. The lowest BCUT2D eigenvalue weighted by molar-refractivity contribution is 0.339. The first kappa shape index (κ1) is 13.2. The van der Waals surface area contributed by atoms with Crippen molar-refractivity contribution in [2.45, 2.75) is 43.8 Å². The summed E-state index contributed by atoms with van der Waals surface area (Å²) in [5.41, 5.74) is 6.81. The fraction of sp³-hybridized carbons (Fsp3) is 0.538. The summed E-state index contributed by atoms with van der Waals surface area (Å²) in [5.74, 6) is 0.908. The number of ether oxygens (including phenoxy) is 1. The highest BCUT2D eigenvalue weighted by Crippen LogP contribution is 2.34. The molecule has 0 aromatic heterocycles. The smallest absolute Gasteiger partial charge is 0.120 e. The third-order valence-corrected chi connectivity index (χ3v) is 4.11. The highest BCUT2D eigenvalue weighted by Gasteiger charge is 2.09. The Labute approximate surface area is 103 Å². The van der Waals surface area contributed by atoms with Gasteiger partial charge in [0.25, 0.3) is 0 Å². The number of nitrogens with two attached hydrogens (primary N) is 1. The van der Waals surface area contributed by atoms with E-state index in [0.717, 1.165) is 16.3 Å². The van der Waals surface area contributed by atoms with E-state index >= 15 is 0 Å². The van der Waals surface area contributed by atoms with Crippen molar-refractivity contribution in [1.82, 2.24) is 0 Å². The molecule has 0 aliphatic carbocycles. The molecule has 0 fully saturated rings. The third-order valence-electron chi connectivity index (χ3n) is 2.50. The van der Waals surface area contributed by atoms with Gasteiger partial charge in [0.15, 0.2) is 0 Å². The van der Waals surface area contributed by atoms with Crippen molar-refractivity contribution >= 4 is 17.4 Å². The Balaban J connectivity index is 2.80. The average Bonchev–Trinajstić information content (AvgIpc) is 2.30. The van der Waals surface area contributed by atoms with E-state index in [9.17, 15) is 0 Å². The molecule has 1 aromatic carbocycles. The molecule has 2 nitrogen and oxygen atoms in total. The van der Waals surface area contributed by atoms with Gasteiger partial charge in [0.1, 0.15) is 5.75 Å². The number of hydrogen-bond donors (Lipinski definition) is 1. The number of nitrogen functional groups attached to an aromatic ring is 1. The minimum atomic E-state index is 0.638. The topological polar surface area (TPSA) is 35.2 Å². The van der Waals surface area contributed by atoms with Crippen molar-refractivity contribution in [3.63, 3.8) is 0 Å². The maximum Gasteiger partial charge on any atom is 0.120 e. The molecule has 90 valence electrons. The molecular weight excluding hydrogens is 218 g/mol. The number of thioether (sulfide) groups is 1. The van der Waals surface area contributed by atoms with Gasteiger partial charge in [-0.3, -0.25) is 0 Å². The Hall–Kier alpha value is -0.830. The Morgan fingerprint density at radius 3 is 2.50 bits per heavy atom. The van der Waals surface area contributed by atoms with Crippen LogP contribution >= 0.6 is 11.8 Å². The zero-order valence-electron chi connectivity index (χ0n) is 10.3. The first-order valence-electron chi connectivity index (χ1n) is 5.90. The average molecular weight is 239 g/mol. The minimum Gasteiger partial charge on any atom is -0.494 e. The quantitative estimate of drug-likeness (QED) is 0.603. The number of benzene rings is 1. The second-order valence-corrected chi connectivity index (χ2v) is 5.03. The molecule has 0 aliphatic rings. The highest BCUT2D eigenvalue weighted by molar-refractivity contribution is 8.00. The van der Waals surface area contributed by atoms with Crippen LogP contribution in [0.5, 0.6) is 5.75 Å². The van der Waals surface area contributed by atoms with Gasteiger partial charge in [0.2, 0.25) is 0 Å². The Kier molecular flexibility index (Phi) is 5.53. The van der Waals surface area contributed by atoms with E-state index in [4.69, 9.17) is 10.5 Å². The van der Waals surface area contributed by atoms with Gasteiger partial charge in [-0.15, -0.1) is 11.8 Å². The number of rotatable bonds is 6. The summed E-state index contributed by atoms with van der Waals surface area (Å²) in [5, 5.41) is 0.638. The minimum absolute atomic E-state index is 0.638. The zero-order chi connectivity index (χ0) is 12.0. The second-order valence-electron chi connectivity index (χ2n) is 3.69. The molecule has 0 bridgehead atoms. The van der Waals surface area contributed by atoms with Crippen LogP contribution in [0.3, 0.4) is 0 Å². The Morgan fingerprint density at radius 1 is 1.25 bits per heavy atom. The number of anilines is 1. The van der Waals surface area contributed by atoms with Crippen molar-refractivity contribution in [3.05, 3.63) is 18.2 Å². The molecule has 1 rings (SSSR count). The van der Waals surface area contributed by atoms with Gasteiger partial charge in [-0.05, 0) is 38.0 Å². The van der Waals surface area contributed by atoms with Crippen molar-refractivity contribution in [1.29, 1.82) is 0 Å². The maximum absolute atomic E-state index is 5.97. The molecule has 0 heterocycles. The van der Waals surface area contributed by atoms with E-state index in [-0.39, 0.29) is 0 Å². The molecule has 0 unspecified atom stereocenters. The summed E-state index contributed by atoms with van der Waals surface area (Å²) >= 11 is 1.85. The molecule has 0 aliphatic heterocycles. The van der Waals surface area contributed by atoms with Gasteiger partial charge in [0.05, 0.1) is 6.61 Å². The van der Waals surface area contributed by atoms with E-state index in [2.05, 4.69) is 13.8 Å². The van der Waals surface area contributed by atoms with E-state index in [1.165, 1.54) is 12.8 Å². The van der Waals surface area contributed by atoms with E-state index in [1.807, 2.05) is 36.9 Å². The first-order chi connectivity index (χ1) is 7.71. The van der Waals surface area contributed by atoms with E-state index in [1.54, 1.807) is 0 Å². The predicted molar refractivity (Wildman–Crippen MR) is 72.3 cm³/mol. The largest absolute Gasteiger partial charge is 0.494 e. The molecule has 16 heavy (non-hydrogen) atoms. The van der Waals surface area contributed by atoms with Gasteiger partial charge in [-0.25, -0.2) is 0 Å². The van der Waals surface area contributed by atoms with Gasteiger partial charge < -0.3 is 10.5 Å². The van der Waals surface area contributed by atoms with Gasteiger partial charge in [-0.1, -0.05) is 13.8 Å². The van der Waals surface area contributed by atoms with Crippen LogP contribution in [0.1, 0.15) is 33.6 Å². The summed E-state index contributed by atoms with van der Waals surface area (Å²) in [6.07, 6.45) is 2.33. The van der Waals surface area contributed by atoms with Gasteiger partial charge in [-0.2, -0.15) is 0 Å². The first-order valence-corrected chi connectivity index (χ1v) is 6.78. The van der Waals surface area contributed by atoms with Crippen LogP contribution in [-0.4, -0.2) is 11.9 Å². The van der Waals surface area contributed by atoms with Crippen LogP contribution in [0, 0.1) is 0 Å². The number of hydrogen-bond acceptors (Lipinski definition) is 3. The summed E-state index contributed by atoms with van der Waals surface area (Å²) in [6, 6.07) is 5.90. The molecule has 3 heteroatoms. The van der Waals surface area contributed by atoms with Crippen LogP contribution in [0.25, 0.3) is 0 Å². The van der Waals surface area contributed by atoms with Crippen molar-refractivity contribution < 1.29 is 4.74 Å². The highest BCUT2D eigenvalue weighted by atomic mass is 32.2. The van der Waals surface area contributed by atoms with Crippen molar-refractivity contribution in [2.75, 3.05) is 12.3 Å². The fourth-order valence-electron chi connectivity index (χ4n) is 1.51. The van der Waals surface area contributed by atoms with Gasteiger partial charge in [0, 0.05) is 15.8 Å². The van der Waals surface area contributed by atoms with Crippen molar-refractivity contribution in [3.8, 4) is 5.75 Å². The Morgan fingerprint density at radius 2 is 1.94 bits per heavy atom. The lowest BCUT2D eigenvalue weighted by atomic mass is 10.3. The zero-order valence-corrected chi connectivity index (χ0v) is 11.1. The molecule has 0 amide bonds. The van der Waals surface area contributed by atoms with E-state index in [0.29, 0.717) is 11.9 Å². The standard InChI is InChI=1S/C13H21NOS/c1-4-11(5-2)16-13-9-10(15-6-3)7-8-12(13)14/h7-9,11H,4-6,14H2,1-3H3. The second kappa shape index (κ2) is 6.69. The molecule has 0 saturated carbocycles. The lowest BCUT2D eigenvalue weighted by Gasteiger charge is -2.14. The molecule has 0 saturated heterocycles. The van der Waals surface area contributed by atoms with Crippen LogP contribution < -0.4 is 10.5 Å². The molecule has 0 spiro atoms.